The van der Waals surface area contributed by atoms with Gasteiger partial charge in [-0.15, -0.1) is 0 Å². The molecular formula is C14H27NO2. The van der Waals surface area contributed by atoms with Crippen molar-refractivity contribution in [2.24, 2.45) is 11.8 Å². The fourth-order valence-corrected chi connectivity index (χ4v) is 3.21. The number of hydrogen-bond acceptors (Lipinski definition) is 3. The third-order valence-electron chi connectivity index (χ3n) is 3.90. The Hall–Kier alpha value is -0.410. The van der Waals surface area contributed by atoms with Gasteiger partial charge in [-0.3, -0.25) is 9.69 Å². The third-order valence-corrected chi connectivity index (χ3v) is 3.90. The summed E-state index contributed by atoms with van der Waals surface area (Å²) in [5, 5.41) is 10.3. The molecule has 4 atom stereocenters. The molecule has 0 aromatic rings. The van der Waals surface area contributed by atoms with Crippen molar-refractivity contribution in [3.8, 4) is 0 Å². The average Bonchev–Trinajstić information content (AvgIpc) is 2.54. The molecule has 0 saturated carbocycles. The zero-order chi connectivity index (χ0) is 13.2. The first-order chi connectivity index (χ1) is 7.88. The molecule has 0 amide bonds. The van der Waals surface area contributed by atoms with Crippen molar-refractivity contribution in [1.82, 2.24) is 4.90 Å². The summed E-state index contributed by atoms with van der Waals surface area (Å²) in [5.41, 5.74) is 0. The molecule has 0 radical (unpaired) electrons. The lowest BCUT2D eigenvalue weighted by Gasteiger charge is -2.33. The second kappa shape index (κ2) is 5.96. The molecule has 2 unspecified atom stereocenters. The van der Waals surface area contributed by atoms with Crippen LogP contribution in [-0.4, -0.2) is 40.5 Å². The molecule has 0 aliphatic carbocycles. The van der Waals surface area contributed by atoms with Crippen molar-refractivity contribution in [3.05, 3.63) is 0 Å². The van der Waals surface area contributed by atoms with Gasteiger partial charge in [0.05, 0.1) is 12.1 Å². The van der Waals surface area contributed by atoms with Crippen molar-refractivity contribution < 1.29 is 9.90 Å². The van der Waals surface area contributed by atoms with Crippen molar-refractivity contribution in [1.29, 1.82) is 0 Å². The van der Waals surface area contributed by atoms with E-state index in [4.69, 9.17) is 0 Å². The Morgan fingerprint density at radius 3 is 2.47 bits per heavy atom. The lowest BCUT2D eigenvalue weighted by atomic mass is 9.92. The molecule has 1 N–H and O–H groups in total. The van der Waals surface area contributed by atoms with Gasteiger partial charge in [0.2, 0.25) is 0 Å². The van der Waals surface area contributed by atoms with E-state index < -0.39 is 0 Å². The Labute approximate surface area is 105 Å². The van der Waals surface area contributed by atoms with Crippen molar-refractivity contribution in [2.75, 3.05) is 6.54 Å². The van der Waals surface area contributed by atoms with Crippen molar-refractivity contribution >= 4 is 5.78 Å². The first-order valence-corrected chi connectivity index (χ1v) is 6.82. The molecule has 0 spiro atoms. The Morgan fingerprint density at radius 1 is 1.47 bits per heavy atom. The number of carbonyl (C=O) groups is 1. The predicted molar refractivity (Wildman–Crippen MR) is 69.9 cm³/mol. The third kappa shape index (κ3) is 3.29. The standard InChI is InChI=1S/C14H27NO2/c1-6-15-12(11(5)16)8-10(4)14(15)13(17)7-9(2)3/h9-10,12-14,17H,6-8H2,1-5H3/t10?,12-,13?,14-/m1/s1. The number of likely N-dealkylation sites (N-methyl/N-ethyl adjacent to an activating group) is 1. The molecule has 0 aromatic heterocycles. The van der Waals surface area contributed by atoms with Gasteiger partial charge in [0.25, 0.3) is 0 Å². The van der Waals surface area contributed by atoms with Gasteiger partial charge in [0.15, 0.2) is 0 Å². The van der Waals surface area contributed by atoms with Crippen LogP contribution in [0.1, 0.15) is 47.5 Å². The molecule has 100 valence electrons. The van der Waals surface area contributed by atoms with Crippen LogP contribution in [0.5, 0.6) is 0 Å². The molecule has 1 aliphatic heterocycles. The second-order valence-corrected chi connectivity index (χ2v) is 5.86. The lowest BCUT2D eigenvalue weighted by Crippen LogP contribution is -2.46. The van der Waals surface area contributed by atoms with E-state index in [0.29, 0.717) is 11.8 Å². The zero-order valence-electron chi connectivity index (χ0n) is 11.8. The number of Topliss-reactive ketones (excluding diaryl/α,β-unsaturated/α-hetero) is 1. The van der Waals surface area contributed by atoms with Gasteiger partial charge in [0.1, 0.15) is 5.78 Å². The maximum atomic E-state index is 11.6. The Balaban J connectivity index is 2.79. The minimum Gasteiger partial charge on any atom is -0.391 e. The monoisotopic (exact) mass is 241 g/mol. The van der Waals surface area contributed by atoms with Gasteiger partial charge in [-0.1, -0.05) is 27.7 Å². The maximum absolute atomic E-state index is 11.6. The number of ketones is 1. The number of hydrogen-bond donors (Lipinski definition) is 1. The predicted octanol–water partition coefficient (Wildman–Crippen LogP) is 2.08. The van der Waals surface area contributed by atoms with Crippen molar-refractivity contribution in [3.63, 3.8) is 0 Å². The summed E-state index contributed by atoms with van der Waals surface area (Å²) in [5.74, 6) is 1.13. The molecule has 1 saturated heterocycles. The Kier molecular flexibility index (Phi) is 5.14. The molecule has 1 rings (SSSR count). The summed E-state index contributed by atoms with van der Waals surface area (Å²) in [6.07, 6.45) is 1.40. The van der Waals surface area contributed by atoms with Crippen LogP contribution in [-0.2, 0) is 4.79 Å². The van der Waals surface area contributed by atoms with E-state index in [2.05, 4.69) is 32.6 Å². The zero-order valence-corrected chi connectivity index (χ0v) is 11.8. The van der Waals surface area contributed by atoms with E-state index in [0.717, 1.165) is 19.4 Å². The topological polar surface area (TPSA) is 40.5 Å². The number of nitrogens with zero attached hydrogens (tertiary/aromatic N) is 1. The van der Waals surface area contributed by atoms with Gasteiger partial charge in [-0.05, 0) is 38.1 Å². The normalized spacial score (nSPS) is 32.1. The molecule has 1 aliphatic rings. The van der Waals surface area contributed by atoms with E-state index in [1.807, 2.05) is 0 Å². The van der Waals surface area contributed by atoms with E-state index in [-0.39, 0.29) is 24.0 Å². The number of aliphatic hydroxyl groups is 1. The van der Waals surface area contributed by atoms with Gasteiger partial charge in [0, 0.05) is 6.04 Å². The van der Waals surface area contributed by atoms with E-state index in [1.165, 1.54) is 0 Å². The van der Waals surface area contributed by atoms with Crippen LogP contribution in [0, 0.1) is 11.8 Å². The van der Waals surface area contributed by atoms with Crippen LogP contribution >= 0.6 is 0 Å². The number of carbonyl (C=O) groups excluding carboxylic acids is 1. The molecule has 1 fully saturated rings. The van der Waals surface area contributed by atoms with Gasteiger partial charge >= 0.3 is 0 Å². The number of aliphatic hydroxyl groups excluding tert-OH is 1. The van der Waals surface area contributed by atoms with Crippen LogP contribution < -0.4 is 0 Å². The van der Waals surface area contributed by atoms with Gasteiger partial charge < -0.3 is 5.11 Å². The van der Waals surface area contributed by atoms with Crippen LogP contribution in [0.25, 0.3) is 0 Å². The van der Waals surface area contributed by atoms with Crippen LogP contribution in [0.15, 0.2) is 0 Å². The summed E-state index contributed by atoms with van der Waals surface area (Å²) < 4.78 is 0. The molecule has 17 heavy (non-hydrogen) atoms. The van der Waals surface area contributed by atoms with Crippen molar-refractivity contribution in [2.45, 2.75) is 65.6 Å². The first kappa shape index (κ1) is 14.7. The minimum absolute atomic E-state index is 0.0156. The summed E-state index contributed by atoms with van der Waals surface area (Å²) in [7, 11) is 0. The summed E-state index contributed by atoms with van der Waals surface area (Å²) in [6.45, 7) is 11.0. The Morgan fingerprint density at radius 2 is 2.06 bits per heavy atom. The van der Waals surface area contributed by atoms with Crippen LogP contribution in [0.3, 0.4) is 0 Å². The van der Waals surface area contributed by atoms with E-state index in [1.54, 1.807) is 6.92 Å². The highest BCUT2D eigenvalue weighted by Crippen LogP contribution is 2.33. The highest BCUT2D eigenvalue weighted by molar-refractivity contribution is 5.81. The fraction of sp³-hybridized carbons (Fsp3) is 0.929. The molecule has 1 heterocycles. The minimum atomic E-state index is -0.311. The van der Waals surface area contributed by atoms with Crippen LogP contribution in [0.2, 0.25) is 0 Å². The maximum Gasteiger partial charge on any atom is 0.146 e. The van der Waals surface area contributed by atoms with Gasteiger partial charge in [-0.2, -0.15) is 0 Å². The van der Waals surface area contributed by atoms with Gasteiger partial charge in [-0.25, -0.2) is 0 Å². The van der Waals surface area contributed by atoms with E-state index in [9.17, 15) is 9.90 Å². The number of rotatable bonds is 5. The number of likely N-dealkylation sites (tertiary alicyclic amines) is 1. The fourth-order valence-electron chi connectivity index (χ4n) is 3.21. The highest BCUT2D eigenvalue weighted by atomic mass is 16.3. The summed E-state index contributed by atoms with van der Waals surface area (Å²) in [4.78, 5) is 13.8. The molecule has 0 bridgehead atoms. The van der Waals surface area contributed by atoms with E-state index >= 15 is 0 Å². The largest absolute Gasteiger partial charge is 0.391 e. The molecule has 3 nitrogen and oxygen atoms in total. The highest BCUT2D eigenvalue weighted by Gasteiger charge is 2.43. The average molecular weight is 241 g/mol. The molecular weight excluding hydrogens is 214 g/mol. The smallest absolute Gasteiger partial charge is 0.146 e. The summed E-state index contributed by atoms with van der Waals surface area (Å²) in [6, 6.07) is 0.165. The molecule has 0 aromatic carbocycles. The lowest BCUT2D eigenvalue weighted by molar-refractivity contribution is -0.122. The summed E-state index contributed by atoms with van der Waals surface area (Å²) >= 11 is 0. The second-order valence-electron chi connectivity index (χ2n) is 5.86. The first-order valence-electron chi connectivity index (χ1n) is 6.82. The SMILES string of the molecule is CCN1[C@@H](C(O)CC(C)C)C(C)C[C@@H]1C(C)=O. The quantitative estimate of drug-likeness (QED) is 0.801. The van der Waals surface area contributed by atoms with Crippen LogP contribution in [0.4, 0.5) is 0 Å². The Bertz CT molecular complexity index is 265. The molecule has 3 heteroatoms.